The lowest BCUT2D eigenvalue weighted by Gasteiger charge is -2.13. The predicted molar refractivity (Wildman–Crippen MR) is 128 cm³/mol. The van der Waals surface area contributed by atoms with Crippen LogP contribution < -0.4 is 10.1 Å². The van der Waals surface area contributed by atoms with Gasteiger partial charge in [0.05, 0.1) is 0 Å². The number of ether oxygens (including phenoxy) is 1. The van der Waals surface area contributed by atoms with Crippen molar-refractivity contribution in [2.24, 2.45) is 0 Å². The van der Waals surface area contributed by atoms with Crippen LogP contribution in [0, 0.1) is 13.8 Å². The molecule has 32 heavy (non-hydrogen) atoms. The molecule has 4 rings (SSSR count). The van der Waals surface area contributed by atoms with Crippen molar-refractivity contribution in [1.29, 1.82) is 0 Å². The molecule has 0 atom stereocenters. The zero-order valence-electron chi connectivity index (χ0n) is 17.7. The van der Waals surface area contributed by atoms with Crippen molar-refractivity contribution < 1.29 is 13.9 Å². The lowest BCUT2D eigenvalue weighted by Crippen LogP contribution is -2.22. The maximum Gasteiger partial charge on any atom is 0.287 e. The molecule has 0 spiro atoms. The second-order valence-electron chi connectivity index (χ2n) is 7.26. The summed E-state index contributed by atoms with van der Waals surface area (Å²) in [6.07, 6.45) is 0. The van der Waals surface area contributed by atoms with Gasteiger partial charge in [0.15, 0.2) is 10.9 Å². The summed E-state index contributed by atoms with van der Waals surface area (Å²) in [4.78, 5) is 13.8. The minimum Gasteiger partial charge on any atom is -0.457 e. The second-order valence-corrected chi connectivity index (χ2v) is 8.68. The first kappa shape index (κ1) is 22.1. The normalized spacial score (nSPS) is 10.7. The lowest BCUT2D eigenvalue weighted by molar-refractivity contribution is 0.0918. The summed E-state index contributed by atoms with van der Waals surface area (Å²) in [5, 5.41) is 4.06. The van der Waals surface area contributed by atoms with Crippen LogP contribution in [-0.4, -0.2) is 5.91 Å². The Balaban J connectivity index is 1.45. The molecule has 1 amide bonds. The van der Waals surface area contributed by atoms with E-state index in [0.717, 1.165) is 4.90 Å². The van der Waals surface area contributed by atoms with E-state index < -0.39 is 0 Å². The number of carbonyl (C=O) groups is 1. The molecule has 0 saturated carbocycles. The molecule has 4 nitrogen and oxygen atoms in total. The molecule has 0 unspecified atom stereocenters. The van der Waals surface area contributed by atoms with Crippen LogP contribution >= 0.6 is 23.4 Å². The van der Waals surface area contributed by atoms with Gasteiger partial charge in [0.1, 0.15) is 11.5 Å². The zero-order valence-corrected chi connectivity index (χ0v) is 19.3. The van der Waals surface area contributed by atoms with E-state index in [9.17, 15) is 4.79 Å². The molecule has 0 aliphatic heterocycles. The van der Waals surface area contributed by atoms with E-state index in [1.165, 1.54) is 22.9 Å². The third-order valence-electron chi connectivity index (χ3n) is 4.89. The summed E-state index contributed by atoms with van der Waals surface area (Å²) < 4.78 is 11.7. The Labute approximate surface area is 196 Å². The van der Waals surface area contributed by atoms with Crippen molar-refractivity contribution in [3.8, 4) is 11.5 Å². The summed E-state index contributed by atoms with van der Waals surface area (Å²) >= 11 is 7.90. The molecule has 0 fully saturated rings. The quantitative estimate of drug-likeness (QED) is 0.309. The maximum absolute atomic E-state index is 12.7. The molecule has 0 radical (unpaired) electrons. The lowest BCUT2D eigenvalue weighted by atomic mass is 10.2. The van der Waals surface area contributed by atoms with Crippen LogP contribution in [0.3, 0.4) is 0 Å². The van der Waals surface area contributed by atoms with Crippen LogP contribution in [0.2, 0.25) is 5.02 Å². The summed E-state index contributed by atoms with van der Waals surface area (Å²) in [5.41, 5.74) is 3.03. The largest absolute Gasteiger partial charge is 0.457 e. The molecule has 3 aromatic carbocycles. The van der Waals surface area contributed by atoms with E-state index in [0.29, 0.717) is 27.2 Å². The van der Waals surface area contributed by atoms with Crippen LogP contribution in [0.15, 0.2) is 93.3 Å². The van der Waals surface area contributed by atoms with Gasteiger partial charge in [-0.3, -0.25) is 4.79 Å². The van der Waals surface area contributed by atoms with Gasteiger partial charge in [0, 0.05) is 22.0 Å². The molecule has 0 saturated heterocycles. The molecule has 4 aromatic rings. The van der Waals surface area contributed by atoms with Crippen LogP contribution in [0.4, 0.5) is 0 Å². The Hall–Kier alpha value is -3.15. The first-order valence-electron chi connectivity index (χ1n) is 10.1. The van der Waals surface area contributed by atoms with E-state index in [1.807, 2.05) is 54.6 Å². The number of hydrogen-bond donors (Lipinski definition) is 1. The molecular formula is C26H22ClNO3S. The van der Waals surface area contributed by atoms with Crippen LogP contribution in [0.25, 0.3) is 0 Å². The second kappa shape index (κ2) is 9.98. The number of para-hydroxylation sites is 1. The molecular weight excluding hydrogens is 442 g/mol. The number of rotatable bonds is 7. The third kappa shape index (κ3) is 5.18. The Morgan fingerprint density at radius 2 is 1.66 bits per heavy atom. The topological polar surface area (TPSA) is 51.5 Å². The highest BCUT2D eigenvalue weighted by atomic mass is 35.5. The van der Waals surface area contributed by atoms with Crippen molar-refractivity contribution in [3.05, 3.63) is 106 Å². The molecule has 1 aromatic heterocycles. The van der Waals surface area contributed by atoms with E-state index in [-0.39, 0.29) is 18.2 Å². The summed E-state index contributed by atoms with van der Waals surface area (Å²) in [7, 11) is 0. The smallest absolute Gasteiger partial charge is 0.287 e. The molecule has 6 heteroatoms. The van der Waals surface area contributed by atoms with Crippen LogP contribution in [-0.2, 0) is 6.54 Å². The Bertz CT molecular complexity index is 1220. The van der Waals surface area contributed by atoms with Gasteiger partial charge in [-0.1, -0.05) is 65.8 Å². The summed E-state index contributed by atoms with van der Waals surface area (Å²) in [6.45, 7) is 4.33. The highest BCUT2D eigenvalue weighted by Gasteiger charge is 2.16. The fourth-order valence-corrected chi connectivity index (χ4v) is 4.39. The molecule has 162 valence electrons. The van der Waals surface area contributed by atoms with Crippen molar-refractivity contribution in [2.75, 3.05) is 0 Å². The number of benzene rings is 3. The molecule has 1 N–H and O–H groups in total. The molecule has 0 bridgehead atoms. The summed E-state index contributed by atoms with van der Waals surface area (Å²) in [5.74, 6) is 1.22. The van der Waals surface area contributed by atoms with Gasteiger partial charge in [-0.2, -0.15) is 0 Å². The van der Waals surface area contributed by atoms with E-state index >= 15 is 0 Å². The number of aryl methyl sites for hydroxylation is 2. The van der Waals surface area contributed by atoms with Crippen LogP contribution in [0.5, 0.6) is 11.5 Å². The van der Waals surface area contributed by atoms with Crippen molar-refractivity contribution in [2.45, 2.75) is 30.4 Å². The van der Waals surface area contributed by atoms with Crippen molar-refractivity contribution >= 4 is 29.3 Å². The van der Waals surface area contributed by atoms with Crippen molar-refractivity contribution in [1.82, 2.24) is 5.32 Å². The highest BCUT2D eigenvalue weighted by Crippen LogP contribution is 2.34. The van der Waals surface area contributed by atoms with E-state index in [4.69, 9.17) is 20.8 Å². The number of hydrogen-bond acceptors (Lipinski definition) is 4. The van der Waals surface area contributed by atoms with Gasteiger partial charge in [-0.25, -0.2) is 0 Å². The van der Waals surface area contributed by atoms with E-state index in [2.05, 4.69) is 31.3 Å². The number of carbonyl (C=O) groups excluding carboxylic acids is 1. The standard InChI is InChI=1S/C26H22ClNO3S/c1-17-8-6-9-18(2)25(17)32-24-15-14-23(31-24)26(29)28-16-20-21(27)12-7-13-22(20)30-19-10-4-3-5-11-19/h3-15H,16H2,1-2H3,(H,28,29). The average molecular weight is 464 g/mol. The fourth-order valence-electron chi connectivity index (χ4n) is 3.24. The molecule has 1 heterocycles. The third-order valence-corrected chi connectivity index (χ3v) is 6.51. The first-order valence-corrected chi connectivity index (χ1v) is 11.3. The predicted octanol–water partition coefficient (Wildman–Crippen LogP) is 7.42. The van der Waals surface area contributed by atoms with Gasteiger partial charge >= 0.3 is 0 Å². The molecule has 0 aliphatic carbocycles. The minimum absolute atomic E-state index is 0.209. The van der Waals surface area contributed by atoms with Crippen molar-refractivity contribution in [3.63, 3.8) is 0 Å². The van der Waals surface area contributed by atoms with Gasteiger partial charge in [-0.05, 0) is 61.4 Å². The number of nitrogens with one attached hydrogen (secondary N) is 1. The zero-order chi connectivity index (χ0) is 22.5. The Morgan fingerprint density at radius 1 is 0.938 bits per heavy atom. The Kier molecular flexibility index (Phi) is 6.88. The van der Waals surface area contributed by atoms with Gasteiger partial charge in [0.25, 0.3) is 5.91 Å². The number of amides is 1. The van der Waals surface area contributed by atoms with Gasteiger partial charge < -0.3 is 14.5 Å². The molecule has 0 aliphatic rings. The number of halogens is 1. The SMILES string of the molecule is Cc1cccc(C)c1Sc1ccc(C(=O)NCc2c(Cl)cccc2Oc2ccccc2)o1. The maximum atomic E-state index is 12.7. The highest BCUT2D eigenvalue weighted by molar-refractivity contribution is 7.99. The number of furan rings is 1. The van der Waals surface area contributed by atoms with E-state index in [1.54, 1.807) is 12.1 Å². The summed E-state index contributed by atoms with van der Waals surface area (Å²) in [6, 6.07) is 24.5. The van der Waals surface area contributed by atoms with Gasteiger partial charge in [-0.15, -0.1) is 0 Å². The monoisotopic (exact) mass is 463 g/mol. The average Bonchev–Trinajstić information content (AvgIpc) is 3.25. The van der Waals surface area contributed by atoms with Crippen LogP contribution in [0.1, 0.15) is 27.2 Å². The minimum atomic E-state index is -0.316. The van der Waals surface area contributed by atoms with Gasteiger partial charge in [0.2, 0.25) is 0 Å². The Morgan fingerprint density at radius 3 is 2.41 bits per heavy atom. The fraction of sp³-hybridized carbons (Fsp3) is 0.115. The first-order chi connectivity index (χ1) is 15.5.